The Morgan fingerprint density at radius 1 is 1.00 bits per heavy atom. The van der Waals surface area contributed by atoms with Crippen LogP contribution in [0.25, 0.3) is 11.1 Å². The van der Waals surface area contributed by atoms with Crippen LogP contribution in [-0.2, 0) is 11.3 Å². The molecular weight excluding hydrogens is 278 g/mol. The lowest BCUT2D eigenvalue weighted by molar-refractivity contribution is 0.0342. The summed E-state index contributed by atoms with van der Waals surface area (Å²) < 4.78 is 5.38. The lowest BCUT2D eigenvalue weighted by atomic mass is 9.95. The zero-order valence-corrected chi connectivity index (χ0v) is 12.4. The van der Waals surface area contributed by atoms with E-state index in [2.05, 4.69) is 11.0 Å². The van der Waals surface area contributed by atoms with E-state index in [1.54, 1.807) is 12.1 Å². The number of hydrogen-bond donors (Lipinski definition) is 1. The highest BCUT2D eigenvalue weighted by Crippen LogP contribution is 2.28. The molecule has 0 spiro atoms. The third-order valence-corrected chi connectivity index (χ3v) is 3.96. The van der Waals surface area contributed by atoms with Gasteiger partial charge in [-0.2, -0.15) is 0 Å². The maximum atomic E-state index is 11.5. The molecular formula is C18H19NO3. The first-order valence-corrected chi connectivity index (χ1v) is 7.46. The van der Waals surface area contributed by atoms with Crippen LogP contribution in [-0.4, -0.2) is 42.3 Å². The fraction of sp³-hybridized carbons (Fsp3) is 0.278. The molecule has 114 valence electrons. The fourth-order valence-electron chi connectivity index (χ4n) is 2.83. The van der Waals surface area contributed by atoms with Gasteiger partial charge in [0.25, 0.3) is 0 Å². The molecule has 1 N–H and O–H groups in total. The molecule has 1 aliphatic heterocycles. The first-order valence-electron chi connectivity index (χ1n) is 7.46. The molecule has 4 nitrogen and oxygen atoms in total. The van der Waals surface area contributed by atoms with Crippen molar-refractivity contribution in [2.45, 2.75) is 6.54 Å². The maximum Gasteiger partial charge on any atom is 0.336 e. The van der Waals surface area contributed by atoms with Crippen LogP contribution >= 0.6 is 0 Å². The first-order chi connectivity index (χ1) is 10.8. The number of carboxylic acid groups (broad SMARTS) is 1. The Hall–Kier alpha value is -2.17. The van der Waals surface area contributed by atoms with Crippen molar-refractivity contribution in [3.8, 4) is 11.1 Å². The Labute approximate surface area is 130 Å². The number of carboxylic acids is 1. The molecule has 0 radical (unpaired) electrons. The van der Waals surface area contributed by atoms with Crippen LogP contribution in [0.3, 0.4) is 0 Å². The molecule has 0 aromatic heterocycles. The van der Waals surface area contributed by atoms with E-state index in [0.717, 1.165) is 49.5 Å². The van der Waals surface area contributed by atoms with Crippen LogP contribution in [0.15, 0.2) is 48.5 Å². The van der Waals surface area contributed by atoms with Gasteiger partial charge in [0.2, 0.25) is 0 Å². The highest BCUT2D eigenvalue weighted by Gasteiger charge is 2.16. The number of nitrogens with zero attached hydrogens (tertiary/aromatic N) is 1. The molecule has 0 unspecified atom stereocenters. The summed E-state index contributed by atoms with van der Waals surface area (Å²) in [6.45, 7) is 4.15. The summed E-state index contributed by atoms with van der Waals surface area (Å²) in [5, 5.41) is 9.41. The molecule has 1 aliphatic rings. The lowest BCUT2D eigenvalue weighted by Gasteiger charge is -2.27. The van der Waals surface area contributed by atoms with E-state index in [9.17, 15) is 9.90 Å². The number of hydrogen-bond acceptors (Lipinski definition) is 3. The molecule has 22 heavy (non-hydrogen) atoms. The van der Waals surface area contributed by atoms with Crippen molar-refractivity contribution in [2.24, 2.45) is 0 Å². The van der Waals surface area contributed by atoms with Crippen molar-refractivity contribution in [3.05, 3.63) is 59.7 Å². The standard InChI is InChI=1S/C18H19NO3/c20-18(21)17-8-4-3-7-16(17)15-6-2-1-5-14(15)13-19-9-11-22-12-10-19/h1-8H,9-13H2,(H,20,21). The second-order valence-electron chi connectivity index (χ2n) is 5.40. The Morgan fingerprint density at radius 2 is 1.64 bits per heavy atom. The highest BCUT2D eigenvalue weighted by molar-refractivity contribution is 5.96. The van der Waals surface area contributed by atoms with Crippen LogP contribution in [0.5, 0.6) is 0 Å². The van der Waals surface area contributed by atoms with Gasteiger partial charge < -0.3 is 9.84 Å². The largest absolute Gasteiger partial charge is 0.478 e. The van der Waals surface area contributed by atoms with E-state index in [0.29, 0.717) is 5.56 Å². The van der Waals surface area contributed by atoms with Crippen LogP contribution in [0.2, 0.25) is 0 Å². The number of rotatable bonds is 4. The summed E-state index contributed by atoms with van der Waals surface area (Å²) in [6, 6.07) is 15.2. The number of morpholine rings is 1. The van der Waals surface area contributed by atoms with Gasteiger partial charge in [-0.05, 0) is 22.8 Å². The SMILES string of the molecule is O=C(O)c1ccccc1-c1ccccc1CN1CCOCC1. The summed E-state index contributed by atoms with van der Waals surface area (Å²) in [5.74, 6) is -0.892. The summed E-state index contributed by atoms with van der Waals surface area (Å²) in [7, 11) is 0. The molecule has 0 aliphatic carbocycles. The monoisotopic (exact) mass is 297 g/mol. The summed E-state index contributed by atoms with van der Waals surface area (Å²) in [6.07, 6.45) is 0. The van der Waals surface area contributed by atoms with Gasteiger partial charge in [0.05, 0.1) is 18.8 Å². The van der Waals surface area contributed by atoms with E-state index >= 15 is 0 Å². The van der Waals surface area contributed by atoms with Gasteiger partial charge in [-0.3, -0.25) is 4.90 Å². The minimum Gasteiger partial charge on any atom is -0.478 e. The zero-order valence-electron chi connectivity index (χ0n) is 12.4. The summed E-state index contributed by atoms with van der Waals surface area (Å²) >= 11 is 0. The first kappa shape index (κ1) is 14.8. The van der Waals surface area contributed by atoms with Gasteiger partial charge in [-0.1, -0.05) is 42.5 Å². The van der Waals surface area contributed by atoms with Crippen LogP contribution in [0.1, 0.15) is 15.9 Å². The molecule has 0 atom stereocenters. The topological polar surface area (TPSA) is 49.8 Å². The number of ether oxygens (including phenoxy) is 1. The number of benzene rings is 2. The lowest BCUT2D eigenvalue weighted by Crippen LogP contribution is -2.35. The van der Waals surface area contributed by atoms with Gasteiger partial charge in [-0.25, -0.2) is 4.79 Å². The van der Waals surface area contributed by atoms with E-state index in [-0.39, 0.29) is 0 Å². The zero-order chi connectivity index (χ0) is 15.4. The van der Waals surface area contributed by atoms with Crippen LogP contribution in [0, 0.1) is 0 Å². The second kappa shape index (κ2) is 6.73. The van der Waals surface area contributed by atoms with Gasteiger partial charge in [-0.15, -0.1) is 0 Å². The molecule has 2 aromatic carbocycles. The average Bonchev–Trinajstić information content (AvgIpc) is 2.56. The Bertz CT molecular complexity index is 663. The van der Waals surface area contributed by atoms with E-state index in [4.69, 9.17) is 4.74 Å². The normalized spacial score (nSPS) is 15.6. The molecule has 2 aromatic rings. The third kappa shape index (κ3) is 3.18. The van der Waals surface area contributed by atoms with E-state index in [1.165, 1.54) is 0 Å². The Morgan fingerprint density at radius 3 is 2.36 bits per heavy atom. The molecule has 1 fully saturated rings. The van der Waals surface area contributed by atoms with Crippen molar-refractivity contribution in [1.29, 1.82) is 0 Å². The number of carbonyl (C=O) groups is 1. The smallest absolute Gasteiger partial charge is 0.336 e. The molecule has 3 rings (SSSR count). The Balaban J connectivity index is 1.96. The van der Waals surface area contributed by atoms with Gasteiger partial charge in [0.15, 0.2) is 0 Å². The molecule has 0 bridgehead atoms. The van der Waals surface area contributed by atoms with Crippen molar-refractivity contribution >= 4 is 5.97 Å². The summed E-state index contributed by atoms with van der Waals surface area (Å²) in [4.78, 5) is 13.8. The average molecular weight is 297 g/mol. The second-order valence-corrected chi connectivity index (χ2v) is 5.40. The van der Waals surface area contributed by atoms with E-state index in [1.807, 2.05) is 30.3 Å². The van der Waals surface area contributed by atoms with Gasteiger partial charge in [0.1, 0.15) is 0 Å². The molecule has 0 saturated carbocycles. The highest BCUT2D eigenvalue weighted by atomic mass is 16.5. The minimum atomic E-state index is -0.892. The van der Waals surface area contributed by atoms with Gasteiger partial charge in [0, 0.05) is 19.6 Å². The molecule has 0 amide bonds. The van der Waals surface area contributed by atoms with Crippen molar-refractivity contribution in [2.75, 3.05) is 26.3 Å². The van der Waals surface area contributed by atoms with Gasteiger partial charge >= 0.3 is 5.97 Å². The van der Waals surface area contributed by atoms with Crippen molar-refractivity contribution in [3.63, 3.8) is 0 Å². The molecule has 4 heteroatoms. The third-order valence-electron chi connectivity index (χ3n) is 3.96. The van der Waals surface area contributed by atoms with Crippen LogP contribution < -0.4 is 0 Å². The quantitative estimate of drug-likeness (QED) is 0.942. The van der Waals surface area contributed by atoms with Crippen LogP contribution in [0.4, 0.5) is 0 Å². The Kier molecular flexibility index (Phi) is 4.51. The van der Waals surface area contributed by atoms with E-state index < -0.39 is 5.97 Å². The van der Waals surface area contributed by atoms with Crippen molar-refractivity contribution < 1.29 is 14.6 Å². The maximum absolute atomic E-state index is 11.5. The summed E-state index contributed by atoms with van der Waals surface area (Å²) in [5.41, 5.74) is 3.26. The predicted octanol–water partition coefficient (Wildman–Crippen LogP) is 2.88. The number of aromatic carboxylic acids is 1. The predicted molar refractivity (Wildman–Crippen MR) is 84.9 cm³/mol. The molecule has 1 saturated heterocycles. The van der Waals surface area contributed by atoms with Crippen molar-refractivity contribution in [1.82, 2.24) is 4.90 Å². The minimum absolute atomic E-state index is 0.344. The molecule has 1 heterocycles. The fourth-order valence-corrected chi connectivity index (χ4v) is 2.83.